The third-order valence-corrected chi connectivity index (χ3v) is 3.85. The standard InChI is InChI=1S/C18H14N4O3/c1-24-14-8-6-12(7-9-14)17-21-20-16(25-17)11-22-18(23)15-5-3-2-4-13(15)10-19-22/h2-10H,11H2,1H3. The summed E-state index contributed by atoms with van der Waals surface area (Å²) in [5.41, 5.74) is 0.584. The number of hydrogen-bond donors (Lipinski definition) is 0. The molecule has 7 nitrogen and oxygen atoms in total. The zero-order valence-corrected chi connectivity index (χ0v) is 13.4. The number of hydrogen-bond acceptors (Lipinski definition) is 6. The van der Waals surface area contributed by atoms with Crippen LogP contribution in [0.5, 0.6) is 5.75 Å². The number of fused-ring (bicyclic) bond motifs is 1. The zero-order valence-electron chi connectivity index (χ0n) is 13.4. The molecule has 0 radical (unpaired) electrons. The van der Waals surface area contributed by atoms with Gasteiger partial charge in [0.15, 0.2) is 0 Å². The van der Waals surface area contributed by atoms with E-state index in [9.17, 15) is 4.79 Å². The maximum Gasteiger partial charge on any atom is 0.275 e. The second-order valence-corrected chi connectivity index (χ2v) is 5.42. The van der Waals surface area contributed by atoms with Crippen molar-refractivity contribution in [2.24, 2.45) is 0 Å². The fourth-order valence-corrected chi connectivity index (χ4v) is 2.54. The van der Waals surface area contributed by atoms with Crippen LogP contribution in [-0.4, -0.2) is 27.1 Å². The molecule has 0 atom stereocenters. The van der Waals surface area contributed by atoms with Gasteiger partial charge in [-0.1, -0.05) is 18.2 Å². The molecule has 2 heterocycles. The molecule has 0 N–H and O–H groups in total. The van der Waals surface area contributed by atoms with Gasteiger partial charge in [0.05, 0.1) is 18.7 Å². The quantitative estimate of drug-likeness (QED) is 0.570. The Labute approximate surface area is 142 Å². The number of nitrogens with zero attached hydrogens (tertiary/aromatic N) is 4. The van der Waals surface area contributed by atoms with Gasteiger partial charge in [-0.05, 0) is 30.3 Å². The van der Waals surface area contributed by atoms with E-state index < -0.39 is 0 Å². The van der Waals surface area contributed by atoms with Crippen molar-refractivity contribution >= 4 is 10.8 Å². The summed E-state index contributed by atoms with van der Waals surface area (Å²) in [6.45, 7) is 0.118. The molecular weight excluding hydrogens is 320 g/mol. The molecule has 4 rings (SSSR count). The van der Waals surface area contributed by atoms with Crippen molar-refractivity contribution in [2.75, 3.05) is 7.11 Å². The summed E-state index contributed by atoms with van der Waals surface area (Å²) in [5, 5.41) is 13.6. The molecule has 124 valence electrons. The Balaban J connectivity index is 1.63. The third-order valence-electron chi connectivity index (χ3n) is 3.85. The Morgan fingerprint density at radius 1 is 1.08 bits per heavy atom. The Morgan fingerprint density at radius 3 is 2.68 bits per heavy atom. The molecule has 0 fully saturated rings. The predicted octanol–water partition coefficient (Wildman–Crippen LogP) is 2.50. The van der Waals surface area contributed by atoms with Gasteiger partial charge in [-0.2, -0.15) is 5.10 Å². The van der Waals surface area contributed by atoms with Crippen LogP contribution < -0.4 is 10.3 Å². The van der Waals surface area contributed by atoms with Gasteiger partial charge in [0.1, 0.15) is 12.3 Å². The average molecular weight is 334 g/mol. The fourth-order valence-electron chi connectivity index (χ4n) is 2.54. The number of rotatable bonds is 4. The van der Waals surface area contributed by atoms with E-state index in [4.69, 9.17) is 9.15 Å². The predicted molar refractivity (Wildman–Crippen MR) is 91.4 cm³/mol. The SMILES string of the molecule is COc1ccc(-c2nnc(Cn3ncc4ccccc4c3=O)o2)cc1. The molecule has 0 aliphatic carbocycles. The van der Waals surface area contributed by atoms with E-state index in [0.717, 1.165) is 16.7 Å². The van der Waals surface area contributed by atoms with Gasteiger partial charge in [-0.3, -0.25) is 4.79 Å². The van der Waals surface area contributed by atoms with Crippen molar-refractivity contribution in [1.29, 1.82) is 0 Å². The molecule has 0 saturated carbocycles. The highest BCUT2D eigenvalue weighted by Gasteiger charge is 2.11. The van der Waals surface area contributed by atoms with Crippen LogP contribution in [0, 0.1) is 0 Å². The Morgan fingerprint density at radius 2 is 1.88 bits per heavy atom. The van der Waals surface area contributed by atoms with Crippen LogP contribution in [0.4, 0.5) is 0 Å². The van der Waals surface area contributed by atoms with E-state index in [0.29, 0.717) is 17.2 Å². The van der Waals surface area contributed by atoms with Gasteiger partial charge >= 0.3 is 0 Å². The normalized spacial score (nSPS) is 10.9. The molecule has 2 aromatic heterocycles. The van der Waals surface area contributed by atoms with Crippen LogP contribution in [0.15, 0.2) is 63.9 Å². The van der Waals surface area contributed by atoms with Crippen LogP contribution in [-0.2, 0) is 6.54 Å². The van der Waals surface area contributed by atoms with Gasteiger partial charge in [-0.25, -0.2) is 4.68 Å². The van der Waals surface area contributed by atoms with Crippen molar-refractivity contribution in [3.05, 3.63) is 71.0 Å². The second-order valence-electron chi connectivity index (χ2n) is 5.42. The zero-order chi connectivity index (χ0) is 17.2. The number of ether oxygens (including phenoxy) is 1. The number of aromatic nitrogens is 4. The molecule has 0 spiro atoms. The van der Waals surface area contributed by atoms with Gasteiger partial charge in [-0.15, -0.1) is 10.2 Å². The summed E-state index contributed by atoms with van der Waals surface area (Å²) >= 11 is 0. The van der Waals surface area contributed by atoms with E-state index in [1.54, 1.807) is 19.4 Å². The lowest BCUT2D eigenvalue weighted by Gasteiger charge is -2.03. The highest BCUT2D eigenvalue weighted by molar-refractivity contribution is 5.80. The van der Waals surface area contributed by atoms with Crippen LogP contribution in [0.3, 0.4) is 0 Å². The van der Waals surface area contributed by atoms with E-state index in [1.165, 1.54) is 4.68 Å². The largest absolute Gasteiger partial charge is 0.497 e. The van der Waals surface area contributed by atoms with Gasteiger partial charge in [0.25, 0.3) is 5.56 Å². The van der Waals surface area contributed by atoms with Crippen molar-refractivity contribution in [1.82, 2.24) is 20.0 Å². The van der Waals surface area contributed by atoms with Crippen LogP contribution >= 0.6 is 0 Å². The Bertz CT molecular complexity index is 1080. The summed E-state index contributed by atoms with van der Waals surface area (Å²) in [7, 11) is 1.61. The highest BCUT2D eigenvalue weighted by atomic mass is 16.5. The molecule has 4 aromatic rings. The Kier molecular flexibility index (Phi) is 3.74. The van der Waals surface area contributed by atoms with Crippen LogP contribution in [0.1, 0.15) is 5.89 Å². The third kappa shape index (κ3) is 2.87. The minimum Gasteiger partial charge on any atom is -0.497 e. The summed E-state index contributed by atoms with van der Waals surface area (Å²) in [5.74, 6) is 1.44. The smallest absolute Gasteiger partial charge is 0.275 e. The highest BCUT2D eigenvalue weighted by Crippen LogP contribution is 2.21. The fraction of sp³-hybridized carbons (Fsp3) is 0.111. The monoisotopic (exact) mass is 334 g/mol. The van der Waals surface area contributed by atoms with Gasteiger partial charge in [0, 0.05) is 10.9 Å². The molecule has 0 saturated heterocycles. The lowest BCUT2D eigenvalue weighted by Crippen LogP contribution is -2.23. The summed E-state index contributed by atoms with van der Waals surface area (Å²) < 4.78 is 12.1. The van der Waals surface area contributed by atoms with E-state index in [2.05, 4.69) is 15.3 Å². The minimum atomic E-state index is -0.192. The maximum absolute atomic E-state index is 12.5. The molecule has 0 amide bonds. The average Bonchev–Trinajstić information content (AvgIpc) is 3.13. The first-order valence-electron chi connectivity index (χ1n) is 7.66. The van der Waals surface area contributed by atoms with Crippen molar-refractivity contribution in [2.45, 2.75) is 6.54 Å². The Hall–Kier alpha value is -3.48. The van der Waals surface area contributed by atoms with Crippen molar-refractivity contribution < 1.29 is 9.15 Å². The molecule has 0 aliphatic rings. The van der Waals surface area contributed by atoms with Gasteiger partial charge in [0.2, 0.25) is 11.8 Å². The first kappa shape index (κ1) is 15.1. The minimum absolute atomic E-state index is 0.118. The lowest BCUT2D eigenvalue weighted by molar-refractivity contribution is 0.415. The second kappa shape index (κ2) is 6.20. The van der Waals surface area contributed by atoms with Crippen LogP contribution in [0.25, 0.3) is 22.2 Å². The number of methoxy groups -OCH3 is 1. The molecule has 2 aromatic carbocycles. The molecule has 0 aliphatic heterocycles. The van der Waals surface area contributed by atoms with Crippen LogP contribution in [0.2, 0.25) is 0 Å². The molecular formula is C18H14N4O3. The summed E-state index contributed by atoms with van der Waals surface area (Å²) in [4.78, 5) is 12.5. The van der Waals surface area contributed by atoms with Crippen molar-refractivity contribution in [3.8, 4) is 17.2 Å². The number of benzene rings is 2. The molecule has 7 heteroatoms. The van der Waals surface area contributed by atoms with E-state index >= 15 is 0 Å². The molecule has 25 heavy (non-hydrogen) atoms. The summed E-state index contributed by atoms with van der Waals surface area (Å²) in [6, 6.07) is 14.6. The van der Waals surface area contributed by atoms with Crippen molar-refractivity contribution in [3.63, 3.8) is 0 Å². The van der Waals surface area contributed by atoms with E-state index in [1.807, 2.05) is 42.5 Å². The van der Waals surface area contributed by atoms with E-state index in [-0.39, 0.29) is 12.1 Å². The topological polar surface area (TPSA) is 83.0 Å². The lowest BCUT2D eigenvalue weighted by atomic mass is 10.2. The maximum atomic E-state index is 12.5. The first-order valence-corrected chi connectivity index (χ1v) is 7.66. The first-order chi connectivity index (χ1) is 12.2. The summed E-state index contributed by atoms with van der Waals surface area (Å²) in [6.07, 6.45) is 1.65. The molecule has 0 bridgehead atoms. The van der Waals surface area contributed by atoms with Gasteiger partial charge < -0.3 is 9.15 Å². The molecule has 0 unspecified atom stereocenters.